The molecule has 0 fully saturated rings. The van der Waals surface area contributed by atoms with Crippen LogP contribution in [0.1, 0.15) is 11.1 Å². The quantitative estimate of drug-likeness (QED) is 0.921. The van der Waals surface area contributed by atoms with Crippen molar-refractivity contribution in [1.82, 2.24) is 4.37 Å². The summed E-state index contributed by atoms with van der Waals surface area (Å²) in [7, 11) is 3.72. The summed E-state index contributed by atoms with van der Waals surface area (Å²) in [4.78, 5) is 2.16. The summed E-state index contributed by atoms with van der Waals surface area (Å²) in [5, 5.41) is 1.11. The zero-order valence-electron chi connectivity index (χ0n) is 10.8. The van der Waals surface area contributed by atoms with Gasteiger partial charge in [-0.2, -0.15) is 4.37 Å². The molecule has 1 aromatic heterocycles. The molecule has 18 heavy (non-hydrogen) atoms. The van der Waals surface area contributed by atoms with Crippen LogP contribution < -0.4 is 15.4 Å². The van der Waals surface area contributed by atoms with E-state index in [0.717, 1.165) is 22.9 Å². The number of nitrogens with two attached hydrogens (primary N) is 1. The first-order valence-electron chi connectivity index (χ1n) is 5.67. The van der Waals surface area contributed by atoms with E-state index in [4.69, 9.17) is 10.5 Å². The minimum atomic E-state index is 0.622. The molecule has 1 heterocycles. The Hall–Kier alpha value is -1.75. The van der Waals surface area contributed by atoms with Gasteiger partial charge in [0.25, 0.3) is 0 Å². The summed E-state index contributed by atoms with van der Waals surface area (Å²) in [5.41, 5.74) is 8.04. The van der Waals surface area contributed by atoms with E-state index in [2.05, 4.69) is 21.4 Å². The van der Waals surface area contributed by atoms with Crippen molar-refractivity contribution in [2.45, 2.75) is 13.5 Å². The Balaban J connectivity index is 2.11. The van der Waals surface area contributed by atoms with E-state index in [9.17, 15) is 0 Å². The number of aromatic nitrogens is 1. The number of anilines is 2. The van der Waals surface area contributed by atoms with Crippen LogP contribution in [0.15, 0.2) is 24.3 Å². The van der Waals surface area contributed by atoms with Crippen molar-refractivity contribution in [1.29, 1.82) is 0 Å². The van der Waals surface area contributed by atoms with Gasteiger partial charge in [0.2, 0.25) is 0 Å². The van der Waals surface area contributed by atoms with E-state index < -0.39 is 0 Å². The third-order valence-electron chi connectivity index (χ3n) is 2.86. The fourth-order valence-corrected chi connectivity index (χ4v) is 2.54. The van der Waals surface area contributed by atoms with Gasteiger partial charge in [0.1, 0.15) is 16.6 Å². The number of hydrogen-bond donors (Lipinski definition) is 1. The highest BCUT2D eigenvalue weighted by molar-refractivity contribution is 7.10. The molecule has 0 aliphatic heterocycles. The van der Waals surface area contributed by atoms with Crippen molar-refractivity contribution in [2.24, 2.45) is 0 Å². The van der Waals surface area contributed by atoms with Gasteiger partial charge in [-0.25, -0.2) is 0 Å². The second-order valence-corrected chi connectivity index (χ2v) is 4.95. The van der Waals surface area contributed by atoms with Crippen molar-refractivity contribution in [3.8, 4) is 5.75 Å². The zero-order chi connectivity index (χ0) is 13.1. The number of nitrogens with zero attached hydrogens (tertiary/aromatic N) is 2. The topological polar surface area (TPSA) is 51.4 Å². The largest absolute Gasteiger partial charge is 0.497 e. The lowest BCUT2D eigenvalue weighted by Crippen LogP contribution is -2.15. The third kappa shape index (κ3) is 2.56. The van der Waals surface area contributed by atoms with E-state index in [1.807, 2.05) is 26.1 Å². The van der Waals surface area contributed by atoms with Gasteiger partial charge in [-0.15, -0.1) is 0 Å². The van der Waals surface area contributed by atoms with Crippen molar-refractivity contribution in [3.05, 3.63) is 35.4 Å². The van der Waals surface area contributed by atoms with E-state index in [1.54, 1.807) is 7.11 Å². The van der Waals surface area contributed by atoms with Gasteiger partial charge >= 0.3 is 0 Å². The highest BCUT2D eigenvalue weighted by atomic mass is 32.1. The maximum atomic E-state index is 5.77. The number of ether oxygens (including phenoxy) is 1. The van der Waals surface area contributed by atoms with Gasteiger partial charge in [-0.1, -0.05) is 12.1 Å². The van der Waals surface area contributed by atoms with Gasteiger partial charge in [0.05, 0.1) is 7.11 Å². The predicted octanol–water partition coefficient (Wildman–Crippen LogP) is 2.68. The number of rotatable bonds is 4. The van der Waals surface area contributed by atoms with Crippen LogP contribution in [0.4, 0.5) is 10.8 Å². The molecule has 96 valence electrons. The number of nitrogen functional groups attached to an aromatic ring is 1. The maximum absolute atomic E-state index is 5.77. The lowest BCUT2D eigenvalue weighted by Gasteiger charge is -2.18. The van der Waals surface area contributed by atoms with Gasteiger partial charge in [-0.05, 0) is 36.2 Å². The minimum absolute atomic E-state index is 0.622. The Morgan fingerprint density at radius 3 is 2.50 bits per heavy atom. The molecular weight excluding hydrogens is 246 g/mol. The van der Waals surface area contributed by atoms with Crippen LogP contribution in [-0.2, 0) is 6.54 Å². The maximum Gasteiger partial charge on any atom is 0.142 e. The summed E-state index contributed by atoms with van der Waals surface area (Å²) in [6.45, 7) is 2.82. The van der Waals surface area contributed by atoms with E-state index in [-0.39, 0.29) is 0 Å². The van der Waals surface area contributed by atoms with Gasteiger partial charge in [0.15, 0.2) is 0 Å². The van der Waals surface area contributed by atoms with Crippen molar-refractivity contribution in [3.63, 3.8) is 0 Å². The highest BCUT2D eigenvalue weighted by Gasteiger charge is 2.11. The molecule has 0 spiro atoms. The SMILES string of the molecule is COc1ccc(CN(C)c2snc(N)c2C)cc1. The first-order chi connectivity index (χ1) is 8.61. The van der Waals surface area contributed by atoms with E-state index in [1.165, 1.54) is 17.1 Å². The Labute approximate surface area is 111 Å². The Kier molecular flexibility index (Phi) is 3.72. The van der Waals surface area contributed by atoms with Gasteiger partial charge in [-0.3, -0.25) is 0 Å². The molecule has 5 heteroatoms. The number of benzene rings is 1. The van der Waals surface area contributed by atoms with Crippen LogP contribution >= 0.6 is 11.5 Å². The lowest BCUT2D eigenvalue weighted by atomic mass is 10.2. The van der Waals surface area contributed by atoms with Gasteiger partial charge < -0.3 is 15.4 Å². The van der Waals surface area contributed by atoms with Crippen LogP contribution in [0, 0.1) is 6.92 Å². The lowest BCUT2D eigenvalue weighted by molar-refractivity contribution is 0.414. The fourth-order valence-electron chi connectivity index (χ4n) is 1.77. The molecule has 0 bridgehead atoms. The fraction of sp³-hybridized carbons (Fsp3) is 0.308. The Bertz CT molecular complexity index is 522. The minimum Gasteiger partial charge on any atom is -0.497 e. The number of methoxy groups -OCH3 is 1. The molecule has 2 N–H and O–H groups in total. The summed E-state index contributed by atoms with van der Waals surface area (Å²) in [6, 6.07) is 8.07. The molecule has 0 radical (unpaired) electrons. The molecule has 1 aromatic carbocycles. The predicted molar refractivity (Wildman–Crippen MR) is 76.4 cm³/mol. The summed E-state index contributed by atoms with van der Waals surface area (Å²) in [5.74, 6) is 1.50. The summed E-state index contributed by atoms with van der Waals surface area (Å²) < 4.78 is 9.31. The molecule has 0 atom stereocenters. The van der Waals surface area contributed by atoms with Crippen molar-refractivity contribution < 1.29 is 4.74 Å². The normalized spacial score (nSPS) is 10.4. The monoisotopic (exact) mass is 263 g/mol. The van der Waals surface area contributed by atoms with Crippen LogP contribution in [0.25, 0.3) is 0 Å². The summed E-state index contributed by atoms with van der Waals surface area (Å²) in [6.07, 6.45) is 0. The van der Waals surface area contributed by atoms with Crippen LogP contribution in [0.3, 0.4) is 0 Å². The smallest absolute Gasteiger partial charge is 0.142 e. The van der Waals surface area contributed by atoms with Gasteiger partial charge in [0, 0.05) is 19.2 Å². The first-order valence-corrected chi connectivity index (χ1v) is 6.45. The Morgan fingerprint density at radius 1 is 1.33 bits per heavy atom. The summed E-state index contributed by atoms with van der Waals surface area (Å²) >= 11 is 1.44. The second kappa shape index (κ2) is 5.27. The molecule has 0 saturated carbocycles. The number of hydrogen-bond acceptors (Lipinski definition) is 5. The molecule has 4 nitrogen and oxygen atoms in total. The Morgan fingerprint density at radius 2 is 2.00 bits per heavy atom. The molecule has 0 amide bonds. The molecule has 0 aliphatic carbocycles. The highest BCUT2D eigenvalue weighted by Crippen LogP contribution is 2.29. The van der Waals surface area contributed by atoms with E-state index in [0.29, 0.717) is 5.82 Å². The van der Waals surface area contributed by atoms with Crippen molar-refractivity contribution >= 4 is 22.4 Å². The van der Waals surface area contributed by atoms with Crippen LogP contribution in [0.5, 0.6) is 5.75 Å². The molecular formula is C13H17N3OS. The van der Waals surface area contributed by atoms with Crippen LogP contribution in [-0.4, -0.2) is 18.5 Å². The average Bonchev–Trinajstić information content (AvgIpc) is 2.71. The molecule has 0 unspecified atom stereocenters. The van der Waals surface area contributed by atoms with E-state index >= 15 is 0 Å². The third-order valence-corrected chi connectivity index (χ3v) is 3.94. The molecule has 0 saturated heterocycles. The average molecular weight is 263 g/mol. The van der Waals surface area contributed by atoms with Crippen LogP contribution in [0.2, 0.25) is 0 Å². The first kappa shape index (κ1) is 12.7. The standard InChI is InChI=1S/C13H17N3OS/c1-9-12(14)15-18-13(9)16(2)8-10-4-6-11(17-3)7-5-10/h4-7H,8H2,1-3H3,(H2,14,15). The second-order valence-electron chi connectivity index (χ2n) is 4.20. The molecule has 0 aliphatic rings. The zero-order valence-corrected chi connectivity index (χ0v) is 11.6. The van der Waals surface area contributed by atoms with Crippen molar-refractivity contribution in [2.75, 3.05) is 24.8 Å². The molecule has 2 rings (SSSR count). The molecule has 2 aromatic rings.